The van der Waals surface area contributed by atoms with Gasteiger partial charge in [0.05, 0.1) is 13.4 Å². The first kappa shape index (κ1) is 15.1. The Morgan fingerprint density at radius 3 is 1.87 bits per heavy atom. The lowest BCUT2D eigenvalue weighted by molar-refractivity contribution is -0.591. The molecule has 0 N–H and O–H groups in total. The molecule has 0 radical (unpaired) electrons. The standard InChI is InChI=1S/C14H12N2O6S/c1-21-11-7-3-5-9-13(11)15(17)10-6-4-8-12(14(10)16(9)18)22-23(2,19)20/h3-8H,1-2H3. The third-order valence-corrected chi connectivity index (χ3v) is 3.74. The molecule has 9 heteroatoms. The summed E-state index contributed by atoms with van der Waals surface area (Å²) in [5, 5.41) is 25.3. The molecule has 3 rings (SSSR count). The number of benzene rings is 2. The molecule has 0 saturated heterocycles. The Morgan fingerprint density at radius 1 is 0.913 bits per heavy atom. The Balaban J connectivity index is 2.50. The fourth-order valence-corrected chi connectivity index (χ4v) is 2.85. The predicted molar refractivity (Wildman–Crippen MR) is 81.4 cm³/mol. The number of methoxy groups -OCH3 is 1. The minimum absolute atomic E-state index is 0.0295. The fourth-order valence-electron chi connectivity index (χ4n) is 2.39. The topological polar surface area (TPSA) is 106 Å². The van der Waals surface area contributed by atoms with Gasteiger partial charge in [0.25, 0.3) is 11.0 Å². The van der Waals surface area contributed by atoms with Crippen molar-refractivity contribution in [1.29, 1.82) is 0 Å². The fraction of sp³-hybridized carbons (Fsp3) is 0.143. The number of para-hydroxylation sites is 2. The Bertz CT molecular complexity index is 1030. The van der Waals surface area contributed by atoms with Crippen LogP contribution in [0.25, 0.3) is 22.1 Å². The zero-order valence-corrected chi connectivity index (χ0v) is 13.0. The van der Waals surface area contributed by atoms with Crippen molar-refractivity contribution in [2.75, 3.05) is 13.4 Å². The van der Waals surface area contributed by atoms with Gasteiger partial charge < -0.3 is 19.3 Å². The molecule has 0 aliphatic rings. The molecule has 3 aromatic rings. The molecule has 0 aliphatic carbocycles. The van der Waals surface area contributed by atoms with Crippen LogP contribution >= 0.6 is 0 Å². The zero-order valence-electron chi connectivity index (χ0n) is 12.2. The molecule has 0 spiro atoms. The number of aromatic nitrogens is 2. The molecular formula is C14H12N2O6S. The zero-order chi connectivity index (χ0) is 16.8. The molecule has 2 aromatic carbocycles. The summed E-state index contributed by atoms with van der Waals surface area (Å²) in [6.07, 6.45) is 0.857. The molecule has 8 nitrogen and oxygen atoms in total. The Morgan fingerprint density at radius 2 is 1.39 bits per heavy atom. The Kier molecular flexibility index (Phi) is 3.37. The molecule has 0 bridgehead atoms. The number of fused-ring (bicyclic) bond motifs is 2. The van der Waals surface area contributed by atoms with Crippen molar-refractivity contribution in [2.45, 2.75) is 0 Å². The van der Waals surface area contributed by atoms with Crippen molar-refractivity contribution in [1.82, 2.24) is 0 Å². The van der Waals surface area contributed by atoms with E-state index in [2.05, 4.69) is 0 Å². The first-order valence-electron chi connectivity index (χ1n) is 6.47. The van der Waals surface area contributed by atoms with Crippen LogP contribution in [0.4, 0.5) is 0 Å². The second kappa shape index (κ2) is 5.13. The number of ether oxygens (including phenoxy) is 1. The quantitative estimate of drug-likeness (QED) is 0.300. The van der Waals surface area contributed by atoms with Gasteiger partial charge in [-0.05, 0) is 12.1 Å². The van der Waals surface area contributed by atoms with E-state index >= 15 is 0 Å². The van der Waals surface area contributed by atoms with Gasteiger partial charge in [0.15, 0.2) is 5.75 Å². The lowest BCUT2D eigenvalue weighted by Gasteiger charge is -2.11. The maximum Gasteiger partial charge on any atom is 0.334 e. The summed E-state index contributed by atoms with van der Waals surface area (Å²) in [7, 11) is -2.47. The third-order valence-electron chi connectivity index (χ3n) is 3.26. The van der Waals surface area contributed by atoms with E-state index < -0.39 is 10.1 Å². The van der Waals surface area contributed by atoms with Gasteiger partial charge in [-0.2, -0.15) is 17.9 Å². The van der Waals surface area contributed by atoms with E-state index in [0.29, 0.717) is 9.46 Å². The van der Waals surface area contributed by atoms with E-state index in [4.69, 9.17) is 8.92 Å². The lowest BCUT2D eigenvalue weighted by atomic mass is 10.2. The van der Waals surface area contributed by atoms with Gasteiger partial charge in [-0.1, -0.05) is 12.1 Å². The van der Waals surface area contributed by atoms with Crippen molar-refractivity contribution < 1.29 is 26.8 Å². The maximum atomic E-state index is 12.6. The van der Waals surface area contributed by atoms with Crippen LogP contribution in [0.3, 0.4) is 0 Å². The van der Waals surface area contributed by atoms with Crippen molar-refractivity contribution in [3.05, 3.63) is 46.8 Å². The summed E-state index contributed by atoms with van der Waals surface area (Å²) >= 11 is 0. The van der Waals surface area contributed by atoms with Gasteiger partial charge in [-0.15, -0.1) is 0 Å². The minimum atomic E-state index is -3.85. The largest absolute Gasteiger partial charge is 0.617 e. The summed E-state index contributed by atoms with van der Waals surface area (Å²) < 4.78 is 33.7. The summed E-state index contributed by atoms with van der Waals surface area (Å²) in [5.74, 6) is 0.0211. The lowest BCUT2D eigenvalue weighted by Crippen LogP contribution is -2.40. The van der Waals surface area contributed by atoms with Crippen LogP contribution in [0, 0.1) is 10.4 Å². The molecule has 0 saturated carbocycles. The van der Waals surface area contributed by atoms with Crippen molar-refractivity contribution in [3.8, 4) is 11.5 Å². The molecule has 0 atom stereocenters. The average molecular weight is 336 g/mol. The summed E-state index contributed by atoms with van der Waals surface area (Å²) in [5.41, 5.74) is -0.114. The van der Waals surface area contributed by atoms with Crippen LogP contribution in [0.15, 0.2) is 36.4 Å². The molecule has 0 aliphatic heterocycles. The van der Waals surface area contributed by atoms with Gasteiger partial charge in [-0.3, -0.25) is 0 Å². The van der Waals surface area contributed by atoms with Gasteiger partial charge >= 0.3 is 21.2 Å². The van der Waals surface area contributed by atoms with Gasteiger partial charge in [0.2, 0.25) is 5.75 Å². The van der Waals surface area contributed by atoms with Gasteiger partial charge in [-0.25, -0.2) is 0 Å². The average Bonchev–Trinajstić information content (AvgIpc) is 2.50. The second-order valence-corrected chi connectivity index (χ2v) is 6.40. The van der Waals surface area contributed by atoms with E-state index in [0.717, 1.165) is 6.26 Å². The van der Waals surface area contributed by atoms with E-state index in [9.17, 15) is 18.8 Å². The van der Waals surface area contributed by atoms with Crippen LogP contribution < -0.4 is 18.4 Å². The van der Waals surface area contributed by atoms with Gasteiger partial charge in [0.1, 0.15) is 0 Å². The van der Waals surface area contributed by atoms with Crippen molar-refractivity contribution in [3.63, 3.8) is 0 Å². The number of rotatable bonds is 3. The van der Waals surface area contributed by atoms with Crippen LogP contribution in [0.5, 0.6) is 11.5 Å². The normalized spacial score (nSPS) is 11.7. The molecule has 120 valence electrons. The monoisotopic (exact) mass is 336 g/mol. The molecule has 23 heavy (non-hydrogen) atoms. The van der Waals surface area contributed by atoms with Crippen LogP contribution in [-0.2, 0) is 10.1 Å². The summed E-state index contributed by atoms with van der Waals surface area (Å²) in [4.78, 5) is 0. The summed E-state index contributed by atoms with van der Waals surface area (Å²) in [6, 6.07) is 8.69. The highest BCUT2D eigenvalue weighted by Gasteiger charge is 2.28. The first-order chi connectivity index (χ1) is 10.8. The molecule has 1 heterocycles. The molecule has 1 aromatic heterocycles. The molecular weight excluding hydrogens is 324 g/mol. The number of hydrogen-bond donors (Lipinski definition) is 0. The minimum Gasteiger partial charge on any atom is -0.617 e. The highest BCUT2D eigenvalue weighted by atomic mass is 32.2. The van der Waals surface area contributed by atoms with E-state index in [-0.39, 0.29) is 33.6 Å². The highest BCUT2D eigenvalue weighted by Crippen LogP contribution is 2.26. The van der Waals surface area contributed by atoms with E-state index in [1.807, 2.05) is 0 Å². The van der Waals surface area contributed by atoms with Crippen molar-refractivity contribution in [2.24, 2.45) is 0 Å². The van der Waals surface area contributed by atoms with Gasteiger partial charge in [0, 0.05) is 12.1 Å². The van der Waals surface area contributed by atoms with Crippen LogP contribution in [0.1, 0.15) is 0 Å². The second-order valence-electron chi connectivity index (χ2n) is 4.83. The maximum absolute atomic E-state index is 12.6. The van der Waals surface area contributed by atoms with E-state index in [1.165, 1.54) is 31.4 Å². The third kappa shape index (κ3) is 2.44. The SMILES string of the molecule is COc1cccc2c1[n+]([O-])c1cccc(OS(C)(=O)=O)c1[n+]2[O-]. The number of nitrogens with zero attached hydrogens (tertiary/aromatic N) is 2. The summed E-state index contributed by atoms with van der Waals surface area (Å²) in [6.45, 7) is 0. The molecule has 0 amide bonds. The molecule has 0 unspecified atom stereocenters. The highest BCUT2D eigenvalue weighted by molar-refractivity contribution is 7.86. The molecule has 0 fully saturated rings. The predicted octanol–water partition coefficient (Wildman–Crippen LogP) is 0.607. The van der Waals surface area contributed by atoms with Crippen molar-refractivity contribution >= 4 is 32.2 Å². The first-order valence-corrected chi connectivity index (χ1v) is 8.29. The van der Waals surface area contributed by atoms with E-state index in [1.54, 1.807) is 12.1 Å². The Labute approximate surface area is 131 Å². The smallest absolute Gasteiger partial charge is 0.334 e. The van der Waals surface area contributed by atoms with Crippen LogP contribution in [-0.4, -0.2) is 21.8 Å². The Hall–Kier alpha value is -2.81. The number of hydrogen-bond acceptors (Lipinski definition) is 6. The van der Waals surface area contributed by atoms with Crippen LogP contribution in [0.2, 0.25) is 0 Å².